The van der Waals surface area contributed by atoms with Gasteiger partial charge < -0.3 is 10.1 Å². The molecule has 10 heteroatoms. The summed E-state index contributed by atoms with van der Waals surface area (Å²) in [5.74, 6) is -0.346. The minimum atomic E-state index is -4.16. The Morgan fingerprint density at radius 3 is 2.33 bits per heavy atom. The lowest BCUT2D eigenvalue weighted by atomic mass is 10.0. The quantitative estimate of drug-likeness (QED) is 0.236. The molecule has 204 valence electrons. The standard InChI is InChI=1S/C30H28N4O5S/c1-20(35)32-24-10-16-27(17-11-24)40(37,38)34(25-12-14-26(39-2)15-13-25)19-29(36)33-31-18-23-9-8-22-7-6-21-4-3-5-28(23)30(21)22/h3-5,8-18H,6-7,19H2,1-2H3,(H,32,35)(H,33,36)/b31-18-. The van der Waals surface area contributed by atoms with Crippen molar-refractivity contribution in [1.82, 2.24) is 5.43 Å². The molecule has 40 heavy (non-hydrogen) atoms. The largest absolute Gasteiger partial charge is 0.497 e. The Bertz CT molecular complexity index is 1710. The summed E-state index contributed by atoms with van der Waals surface area (Å²) in [7, 11) is -2.65. The number of sulfonamides is 1. The van der Waals surface area contributed by atoms with Gasteiger partial charge in [0.1, 0.15) is 12.3 Å². The smallest absolute Gasteiger partial charge is 0.264 e. The van der Waals surface area contributed by atoms with Crippen molar-refractivity contribution >= 4 is 50.2 Å². The van der Waals surface area contributed by atoms with Crippen LogP contribution in [0.15, 0.2) is 88.9 Å². The highest BCUT2D eigenvalue weighted by molar-refractivity contribution is 7.92. The molecule has 0 spiro atoms. The van der Waals surface area contributed by atoms with Gasteiger partial charge in [0.25, 0.3) is 15.9 Å². The fourth-order valence-corrected chi connectivity index (χ4v) is 6.25. The van der Waals surface area contributed by atoms with E-state index in [4.69, 9.17) is 4.74 Å². The average Bonchev–Trinajstić information content (AvgIpc) is 3.37. The number of hydrogen-bond acceptors (Lipinski definition) is 6. The van der Waals surface area contributed by atoms with Crippen LogP contribution in [0.5, 0.6) is 5.75 Å². The lowest BCUT2D eigenvalue weighted by molar-refractivity contribution is -0.119. The third kappa shape index (κ3) is 5.52. The van der Waals surface area contributed by atoms with Gasteiger partial charge in [-0.05, 0) is 83.3 Å². The van der Waals surface area contributed by atoms with Crippen molar-refractivity contribution in [3.05, 3.63) is 95.6 Å². The molecule has 0 aliphatic heterocycles. The Balaban J connectivity index is 1.38. The van der Waals surface area contributed by atoms with Gasteiger partial charge in [-0.25, -0.2) is 13.8 Å². The summed E-state index contributed by atoms with van der Waals surface area (Å²) >= 11 is 0. The Kier molecular flexibility index (Phi) is 7.52. The highest BCUT2D eigenvalue weighted by Gasteiger charge is 2.27. The Labute approximate surface area is 232 Å². The van der Waals surface area contributed by atoms with E-state index in [2.05, 4.69) is 28.0 Å². The molecule has 0 heterocycles. The van der Waals surface area contributed by atoms with Crippen LogP contribution in [0.2, 0.25) is 0 Å². The monoisotopic (exact) mass is 556 g/mol. The first-order valence-electron chi connectivity index (χ1n) is 12.7. The Morgan fingerprint density at radius 2 is 1.65 bits per heavy atom. The molecule has 0 unspecified atom stereocenters. The predicted molar refractivity (Wildman–Crippen MR) is 155 cm³/mol. The molecule has 1 aliphatic carbocycles. The van der Waals surface area contributed by atoms with Gasteiger partial charge >= 0.3 is 0 Å². The zero-order chi connectivity index (χ0) is 28.3. The van der Waals surface area contributed by atoms with Gasteiger partial charge in [-0.1, -0.05) is 30.3 Å². The van der Waals surface area contributed by atoms with Gasteiger partial charge in [0.15, 0.2) is 0 Å². The van der Waals surface area contributed by atoms with E-state index in [-0.39, 0.29) is 16.5 Å². The molecular weight excluding hydrogens is 528 g/mol. The number of nitrogens with zero attached hydrogens (tertiary/aromatic N) is 2. The van der Waals surface area contributed by atoms with Gasteiger partial charge in [-0.2, -0.15) is 5.10 Å². The predicted octanol–water partition coefficient (Wildman–Crippen LogP) is 4.25. The maximum Gasteiger partial charge on any atom is 0.264 e. The molecule has 5 rings (SSSR count). The van der Waals surface area contributed by atoms with Crippen molar-refractivity contribution in [2.24, 2.45) is 5.10 Å². The molecule has 4 aromatic carbocycles. The summed E-state index contributed by atoms with van der Waals surface area (Å²) in [5, 5.41) is 9.04. The molecule has 0 fully saturated rings. The van der Waals surface area contributed by atoms with E-state index >= 15 is 0 Å². The molecule has 0 aromatic heterocycles. The number of methoxy groups -OCH3 is 1. The normalized spacial score (nSPS) is 12.4. The Morgan fingerprint density at radius 1 is 0.950 bits per heavy atom. The first-order valence-corrected chi connectivity index (χ1v) is 14.1. The number of carbonyl (C=O) groups is 2. The van der Waals surface area contributed by atoms with E-state index < -0.39 is 22.5 Å². The molecule has 1 aliphatic rings. The van der Waals surface area contributed by atoms with E-state index in [1.165, 1.54) is 54.8 Å². The SMILES string of the molecule is COc1ccc(N(CC(=O)N/N=C\c2ccc3c4c(cccc24)CC3)S(=O)(=O)c2ccc(NC(C)=O)cc2)cc1. The number of rotatable bonds is 9. The van der Waals surface area contributed by atoms with E-state index in [1.807, 2.05) is 18.2 Å². The molecule has 4 aromatic rings. The molecule has 2 amide bonds. The van der Waals surface area contributed by atoms with Crippen LogP contribution < -0.4 is 19.8 Å². The lowest BCUT2D eigenvalue weighted by Gasteiger charge is -2.24. The van der Waals surface area contributed by atoms with Crippen LogP contribution in [0.25, 0.3) is 10.8 Å². The minimum absolute atomic E-state index is 0.0402. The second-order valence-electron chi connectivity index (χ2n) is 9.36. The number of aryl methyl sites for hydroxylation is 2. The van der Waals surface area contributed by atoms with Crippen LogP contribution in [-0.2, 0) is 32.5 Å². The van der Waals surface area contributed by atoms with Gasteiger partial charge in [0, 0.05) is 18.2 Å². The van der Waals surface area contributed by atoms with Crippen LogP contribution in [0.4, 0.5) is 11.4 Å². The number of anilines is 2. The van der Waals surface area contributed by atoms with Gasteiger partial charge in [-0.3, -0.25) is 13.9 Å². The molecule has 2 N–H and O–H groups in total. The number of ether oxygens (including phenoxy) is 1. The van der Waals surface area contributed by atoms with Crippen molar-refractivity contribution in [2.75, 3.05) is 23.3 Å². The maximum atomic E-state index is 13.7. The summed E-state index contributed by atoms with van der Waals surface area (Å²) in [6.07, 6.45) is 3.59. The second kappa shape index (κ2) is 11.2. The van der Waals surface area contributed by atoms with Crippen LogP contribution in [0, 0.1) is 0 Å². The van der Waals surface area contributed by atoms with Crippen LogP contribution in [0.3, 0.4) is 0 Å². The van der Waals surface area contributed by atoms with E-state index in [1.54, 1.807) is 30.5 Å². The van der Waals surface area contributed by atoms with Gasteiger partial charge in [0.2, 0.25) is 5.91 Å². The van der Waals surface area contributed by atoms with Crippen molar-refractivity contribution < 1.29 is 22.7 Å². The average molecular weight is 557 g/mol. The van der Waals surface area contributed by atoms with Gasteiger partial charge in [-0.15, -0.1) is 0 Å². The Hall–Kier alpha value is -4.70. The molecule has 9 nitrogen and oxygen atoms in total. The highest BCUT2D eigenvalue weighted by atomic mass is 32.2. The second-order valence-corrected chi connectivity index (χ2v) is 11.2. The molecule has 0 radical (unpaired) electrons. The van der Waals surface area contributed by atoms with Crippen LogP contribution in [0.1, 0.15) is 23.6 Å². The summed E-state index contributed by atoms with van der Waals surface area (Å²) < 4.78 is 33.5. The number of amides is 2. The van der Waals surface area contributed by atoms with Gasteiger partial charge in [0.05, 0.1) is 23.9 Å². The zero-order valence-corrected chi connectivity index (χ0v) is 22.9. The molecule has 0 atom stereocenters. The number of benzene rings is 4. The summed E-state index contributed by atoms with van der Waals surface area (Å²) in [6.45, 7) is 0.853. The fraction of sp³-hybridized carbons (Fsp3) is 0.167. The maximum absolute atomic E-state index is 13.7. The molecule has 0 saturated heterocycles. The molecule has 0 saturated carbocycles. The fourth-order valence-electron chi connectivity index (χ4n) is 4.83. The van der Waals surface area contributed by atoms with E-state index in [9.17, 15) is 18.0 Å². The van der Waals surface area contributed by atoms with E-state index in [0.29, 0.717) is 11.4 Å². The van der Waals surface area contributed by atoms with Crippen molar-refractivity contribution in [2.45, 2.75) is 24.7 Å². The topological polar surface area (TPSA) is 117 Å². The first kappa shape index (κ1) is 26.9. The van der Waals surface area contributed by atoms with Crippen molar-refractivity contribution in [3.63, 3.8) is 0 Å². The van der Waals surface area contributed by atoms with E-state index in [0.717, 1.165) is 28.1 Å². The van der Waals surface area contributed by atoms with Crippen molar-refractivity contribution in [1.29, 1.82) is 0 Å². The number of carbonyl (C=O) groups excluding carboxylic acids is 2. The number of nitrogens with one attached hydrogen (secondary N) is 2. The first-order chi connectivity index (χ1) is 19.3. The highest BCUT2D eigenvalue weighted by Crippen LogP contribution is 2.32. The minimum Gasteiger partial charge on any atom is -0.497 e. The van der Waals surface area contributed by atoms with Crippen LogP contribution in [-0.4, -0.2) is 40.1 Å². The summed E-state index contributed by atoms with van der Waals surface area (Å²) in [6, 6.07) is 22.3. The third-order valence-corrected chi connectivity index (χ3v) is 8.50. The van der Waals surface area contributed by atoms with Crippen molar-refractivity contribution in [3.8, 4) is 5.75 Å². The lowest BCUT2D eigenvalue weighted by Crippen LogP contribution is -2.39. The number of hydrogen-bond donors (Lipinski definition) is 2. The molecule has 0 bridgehead atoms. The zero-order valence-electron chi connectivity index (χ0n) is 22.0. The molecular formula is C30H28N4O5S. The van der Waals surface area contributed by atoms with Crippen LogP contribution >= 0.6 is 0 Å². The summed E-state index contributed by atoms with van der Waals surface area (Å²) in [5.41, 5.74) is 6.67. The summed E-state index contributed by atoms with van der Waals surface area (Å²) in [4.78, 5) is 24.3. The number of hydrazone groups is 1. The third-order valence-electron chi connectivity index (χ3n) is 6.71.